The van der Waals surface area contributed by atoms with Crippen LogP contribution in [0.4, 0.5) is 0 Å². The molecule has 26 heavy (non-hydrogen) atoms. The number of rotatable bonds is 5. The first kappa shape index (κ1) is 18.6. The van der Waals surface area contributed by atoms with Crippen molar-refractivity contribution in [3.63, 3.8) is 0 Å². The summed E-state index contributed by atoms with van der Waals surface area (Å²) in [5.74, 6) is -0.255. The summed E-state index contributed by atoms with van der Waals surface area (Å²) in [6.07, 6.45) is 0.0300. The average Bonchev–Trinajstić information content (AvgIpc) is 2.65. The molecule has 0 unspecified atom stereocenters. The first-order valence-electron chi connectivity index (χ1n) is 9.25. The quantitative estimate of drug-likeness (QED) is 0.760. The van der Waals surface area contributed by atoms with Gasteiger partial charge in [0, 0.05) is 19.6 Å². The molecule has 0 bridgehead atoms. The van der Waals surface area contributed by atoms with E-state index in [0.717, 1.165) is 42.9 Å². The van der Waals surface area contributed by atoms with Crippen LogP contribution in [0.15, 0.2) is 42.5 Å². The number of hydrogen-bond donors (Lipinski definition) is 0. The lowest BCUT2D eigenvalue weighted by Crippen LogP contribution is -2.38. The van der Waals surface area contributed by atoms with Crippen LogP contribution in [-0.2, 0) is 16.0 Å². The molecule has 2 aromatic rings. The summed E-state index contributed by atoms with van der Waals surface area (Å²) in [5.41, 5.74) is 5.21. The summed E-state index contributed by atoms with van der Waals surface area (Å²) >= 11 is 0. The second-order valence-corrected chi connectivity index (χ2v) is 6.75. The lowest BCUT2D eigenvalue weighted by molar-refractivity contribution is -0.0332. The standard InChI is InChI=1S/C22H27NO3/c1-4-25-22(24)20-11-10-19(16(2)17(20)3)21-15-23(12-13-26-21)14-18-8-6-5-7-9-18/h5-11,21H,4,12-15H2,1-3H3/t21-/m0/s1. The van der Waals surface area contributed by atoms with Gasteiger partial charge in [0.05, 0.1) is 24.9 Å². The average molecular weight is 353 g/mol. The molecule has 1 fully saturated rings. The van der Waals surface area contributed by atoms with Crippen molar-refractivity contribution in [3.05, 3.63) is 70.3 Å². The molecule has 0 saturated carbocycles. The second-order valence-electron chi connectivity index (χ2n) is 6.75. The Morgan fingerprint density at radius 1 is 1.15 bits per heavy atom. The molecule has 1 aliphatic rings. The predicted molar refractivity (Wildman–Crippen MR) is 102 cm³/mol. The third-order valence-electron chi connectivity index (χ3n) is 5.07. The predicted octanol–water partition coefficient (Wildman–Crippen LogP) is 4.05. The van der Waals surface area contributed by atoms with E-state index < -0.39 is 0 Å². The van der Waals surface area contributed by atoms with Gasteiger partial charge >= 0.3 is 5.97 Å². The molecule has 0 radical (unpaired) electrons. The van der Waals surface area contributed by atoms with Gasteiger partial charge in [-0.1, -0.05) is 36.4 Å². The van der Waals surface area contributed by atoms with Gasteiger partial charge in [-0.25, -0.2) is 4.79 Å². The molecular formula is C22H27NO3. The summed E-state index contributed by atoms with van der Waals surface area (Å²) in [4.78, 5) is 14.5. The third-order valence-corrected chi connectivity index (χ3v) is 5.07. The zero-order valence-electron chi connectivity index (χ0n) is 15.8. The van der Waals surface area contributed by atoms with Gasteiger partial charge in [0.25, 0.3) is 0 Å². The summed E-state index contributed by atoms with van der Waals surface area (Å²) in [6, 6.07) is 14.4. The van der Waals surface area contributed by atoms with Crippen LogP contribution in [0.25, 0.3) is 0 Å². The van der Waals surface area contributed by atoms with Gasteiger partial charge in [-0.2, -0.15) is 0 Å². The zero-order chi connectivity index (χ0) is 18.5. The number of benzene rings is 2. The molecule has 138 valence electrons. The van der Waals surface area contributed by atoms with Gasteiger partial charge in [0.15, 0.2) is 0 Å². The molecular weight excluding hydrogens is 326 g/mol. The maximum atomic E-state index is 12.1. The number of nitrogens with zero attached hydrogens (tertiary/aromatic N) is 1. The Balaban J connectivity index is 1.76. The van der Waals surface area contributed by atoms with Crippen LogP contribution in [0.2, 0.25) is 0 Å². The van der Waals surface area contributed by atoms with E-state index in [4.69, 9.17) is 9.47 Å². The first-order valence-corrected chi connectivity index (χ1v) is 9.25. The molecule has 0 aliphatic carbocycles. The number of hydrogen-bond acceptors (Lipinski definition) is 4. The van der Waals surface area contributed by atoms with E-state index in [9.17, 15) is 4.79 Å². The van der Waals surface area contributed by atoms with E-state index in [1.165, 1.54) is 5.56 Å². The van der Waals surface area contributed by atoms with Crippen LogP contribution in [0.5, 0.6) is 0 Å². The third kappa shape index (κ3) is 4.14. The molecule has 4 heteroatoms. The highest BCUT2D eigenvalue weighted by molar-refractivity contribution is 5.91. The van der Waals surface area contributed by atoms with E-state index in [2.05, 4.69) is 36.1 Å². The van der Waals surface area contributed by atoms with E-state index in [0.29, 0.717) is 12.2 Å². The van der Waals surface area contributed by atoms with Crippen molar-refractivity contribution in [2.45, 2.75) is 33.4 Å². The molecule has 3 rings (SSSR count). The first-order chi connectivity index (χ1) is 12.6. The van der Waals surface area contributed by atoms with Crippen LogP contribution in [0, 0.1) is 13.8 Å². The summed E-state index contributed by atoms with van der Waals surface area (Å²) < 4.78 is 11.2. The van der Waals surface area contributed by atoms with Crippen LogP contribution in [0.1, 0.15) is 45.6 Å². The Hall–Kier alpha value is -2.17. The lowest BCUT2D eigenvalue weighted by atomic mass is 9.94. The lowest BCUT2D eigenvalue weighted by Gasteiger charge is -2.34. The van der Waals surface area contributed by atoms with E-state index in [1.807, 2.05) is 32.0 Å². The Morgan fingerprint density at radius 2 is 1.92 bits per heavy atom. The molecule has 1 aliphatic heterocycles. The highest BCUT2D eigenvalue weighted by Crippen LogP contribution is 2.29. The summed E-state index contributed by atoms with van der Waals surface area (Å²) in [6.45, 7) is 9.70. The Kier molecular flexibility index (Phi) is 6.07. The molecule has 1 saturated heterocycles. The van der Waals surface area contributed by atoms with Crippen LogP contribution >= 0.6 is 0 Å². The highest BCUT2D eigenvalue weighted by atomic mass is 16.5. The number of esters is 1. The number of carbonyl (C=O) groups is 1. The fraction of sp³-hybridized carbons (Fsp3) is 0.409. The Labute approximate surface area is 155 Å². The van der Waals surface area contributed by atoms with Crippen molar-refractivity contribution in [3.8, 4) is 0 Å². The molecule has 1 heterocycles. The number of ether oxygens (including phenoxy) is 2. The largest absolute Gasteiger partial charge is 0.462 e. The molecule has 0 aromatic heterocycles. The maximum absolute atomic E-state index is 12.1. The van der Waals surface area contributed by atoms with Gasteiger partial charge in [-0.05, 0) is 49.1 Å². The van der Waals surface area contributed by atoms with E-state index in [1.54, 1.807) is 0 Å². The summed E-state index contributed by atoms with van der Waals surface area (Å²) in [5, 5.41) is 0. The fourth-order valence-electron chi connectivity index (χ4n) is 3.50. The van der Waals surface area contributed by atoms with Crippen LogP contribution < -0.4 is 0 Å². The Morgan fingerprint density at radius 3 is 2.65 bits per heavy atom. The van der Waals surface area contributed by atoms with Gasteiger partial charge in [0.2, 0.25) is 0 Å². The molecule has 0 amide bonds. The highest BCUT2D eigenvalue weighted by Gasteiger charge is 2.25. The second kappa shape index (κ2) is 8.47. The van der Waals surface area contributed by atoms with Gasteiger partial charge in [-0.15, -0.1) is 0 Å². The van der Waals surface area contributed by atoms with Crippen molar-refractivity contribution in [1.29, 1.82) is 0 Å². The van der Waals surface area contributed by atoms with Crippen molar-refractivity contribution in [2.75, 3.05) is 26.3 Å². The van der Waals surface area contributed by atoms with Gasteiger partial charge in [0.1, 0.15) is 0 Å². The van der Waals surface area contributed by atoms with E-state index >= 15 is 0 Å². The molecule has 1 atom stereocenters. The minimum atomic E-state index is -0.255. The maximum Gasteiger partial charge on any atom is 0.338 e. The van der Waals surface area contributed by atoms with Gasteiger partial charge < -0.3 is 9.47 Å². The van der Waals surface area contributed by atoms with Crippen molar-refractivity contribution in [2.24, 2.45) is 0 Å². The molecule has 0 N–H and O–H groups in total. The van der Waals surface area contributed by atoms with Crippen molar-refractivity contribution >= 4 is 5.97 Å². The van der Waals surface area contributed by atoms with E-state index in [-0.39, 0.29) is 12.1 Å². The smallest absolute Gasteiger partial charge is 0.338 e. The molecule has 0 spiro atoms. The van der Waals surface area contributed by atoms with Crippen LogP contribution in [-0.4, -0.2) is 37.2 Å². The topological polar surface area (TPSA) is 38.8 Å². The zero-order valence-corrected chi connectivity index (χ0v) is 15.8. The monoisotopic (exact) mass is 353 g/mol. The van der Waals surface area contributed by atoms with Gasteiger partial charge in [-0.3, -0.25) is 4.90 Å². The fourth-order valence-corrected chi connectivity index (χ4v) is 3.50. The number of morpholine rings is 1. The SMILES string of the molecule is CCOC(=O)c1ccc([C@@H]2CN(Cc3ccccc3)CCO2)c(C)c1C. The molecule has 4 nitrogen and oxygen atoms in total. The Bertz CT molecular complexity index is 757. The normalized spacial score (nSPS) is 17.9. The minimum absolute atomic E-state index is 0.0300. The molecule has 2 aromatic carbocycles. The van der Waals surface area contributed by atoms with Crippen LogP contribution in [0.3, 0.4) is 0 Å². The van der Waals surface area contributed by atoms with Crippen molar-refractivity contribution in [1.82, 2.24) is 4.90 Å². The summed E-state index contributed by atoms with van der Waals surface area (Å²) in [7, 11) is 0. The number of carbonyl (C=O) groups excluding carboxylic acids is 1. The minimum Gasteiger partial charge on any atom is -0.462 e. The van der Waals surface area contributed by atoms with Crippen molar-refractivity contribution < 1.29 is 14.3 Å².